The van der Waals surface area contributed by atoms with Gasteiger partial charge in [-0.2, -0.15) is 0 Å². The molecule has 1 amide bonds. The fraction of sp³-hybridized carbons (Fsp3) is 0.148. The molecular weight excluding hydrogens is 416 g/mol. The molecule has 160 valence electrons. The van der Waals surface area contributed by atoms with Gasteiger partial charge in [0.25, 0.3) is 5.91 Å². The van der Waals surface area contributed by atoms with Gasteiger partial charge in [0, 0.05) is 26.6 Å². The molecular formula is C27H24N2O2S. The van der Waals surface area contributed by atoms with Crippen LogP contribution in [0.15, 0.2) is 89.8 Å². The summed E-state index contributed by atoms with van der Waals surface area (Å²) in [5.41, 5.74) is 3.11. The van der Waals surface area contributed by atoms with E-state index < -0.39 is 9.52 Å². The van der Waals surface area contributed by atoms with Gasteiger partial charge >= 0.3 is 0 Å². The number of amides is 1. The fourth-order valence-electron chi connectivity index (χ4n) is 4.40. The van der Waals surface area contributed by atoms with E-state index in [0.29, 0.717) is 17.9 Å². The quantitative estimate of drug-likeness (QED) is 0.415. The Morgan fingerprint density at radius 3 is 2.59 bits per heavy atom. The van der Waals surface area contributed by atoms with Gasteiger partial charge in [-0.15, -0.1) is 0 Å². The van der Waals surface area contributed by atoms with Crippen molar-refractivity contribution in [3.63, 3.8) is 0 Å². The molecule has 4 nitrogen and oxygen atoms in total. The molecule has 0 N–H and O–H groups in total. The molecule has 1 unspecified atom stereocenters. The summed E-state index contributed by atoms with van der Waals surface area (Å²) in [6.45, 7) is 0.670. The Balaban J connectivity index is 1.45. The zero-order valence-corrected chi connectivity index (χ0v) is 18.6. The summed E-state index contributed by atoms with van der Waals surface area (Å²) in [7, 11) is -2.64. The molecule has 0 saturated carbocycles. The molecule has 1 aliphatic rings. The van der Waals surface area contributed by atoms with Crippen molar-refractivity contribution in [2.75, 3.05) is 11.4 Å². The van der Waals surface area contributed by atoms with Gasteiger partial charge < -0.3 is 4.90 Å². The first-order valence-corrected chi connectivity index (χ1v) is 12.6. The highest BCUT2D eigenvalue weighted by atomic mass is 32.2. The second-order valence-electron chi connectivity index (χ2n) is 8.14. The molecule has 1 aromatic heterocycles. The molecule has 0 radical (unpaired) electrons. The summed E-state index contributed by atoms with van der Waals surface area (Å²) < 4.78 is 13.7. The minimum absolute atomic E-state index is 0.125. The van der Waals surface area contributed by atoms with E-state index in [1.54, 1.807) is 11.0 Å². The monoisotopic (exact) mass is 440 g/mol. The van der Waals surface area contributed by atoms with E-state index in [4.69, 9.17) is 0 Å². The second kappa shape index (κ2) is 8.24. The van der Waals surface area contributed by atoms with Crippen molar-refractivity contribution >= 4 is 37.8 Å². The zero-order chi connectivity index (χ0) is 22.1. The SMILES string of the molecule is C=S(=O)(Cc1cccc(C(=O)N2CCCc3ccccc32)n1)c1cccc2ccccc12. The molecule has 32 heavy (non-hydrogen) atoms. The van der Waals surface area contributed by atoms with Crippen LogP contribution >= 0.6 is 0 Å². The number of fused-ring (bicyclic) bond motifs is 2. The number of nitrogens with zero attached hydrogens (tertiary/aromatic N) is 2. The predicted molar refractivity (Wildman–Crippen MR) is 132 cm³/mol. The molecule has 4 aromatic rings. The normalized spacial score (nSPS) is 15.2. The minimum atomic E-state index is -2.64. The number of rotatable bonds is 4. The number of anilines is 1. The first kappa shape index (κ1) is 20.5. The molecule has 0 saturated heterocycles. The lowest BCUT2D eigenvalue weighted by Crippen LogP contribution is -2.36. The van der Waals surface area contributed by atoms with E-state index in [9.17, 15) is 9.00 Å². The van der Waals surface area contributed by atoms with Gasteiger partial charge in [-0.25, -0.2) is 4.98 Å². The first-order chi connectivity index (χ1) is 15.5. The van der Waals surface area contributed by atoms with E-state index in [2.05, 4.69) is 16.9 Å². The average Bonchev–Trinajstić information content (AvgIpc) is 2.82. The predicted octanol–water partition coefficient (Wildman–Crippen LogP) is 5.10. The third kappa shape index (κ3) is 3.80. The van der Waals surface area contributed by atoms with E-state index in [-0.39, 0.29) is 11.7 Å². The Morgan fingerprint density at radius 2 is 1.69 bits per heavy atom. The van der Waals surface area contributed by atoms with Crippen LogP contribution < -0.4 is 4.90 Å². The lowest BCUT2D eigenvalue weighted by Gasteiger charge is -2.29. The number of aryl methyl sites for hydroxylation is 1. The maximum absolute atomic E-state index is 13.7. The summed E-state index contributed by atoms with van der Waals surface area (Å²) in [5.74, 6) is 4.13. The molecule has 5 rings (SSSR count). The van der Waals surface area contributed by atoms with Crippen molar-refractivity contribution in [2.24, 2.45) is 0 Å². The van der Waals surface area contributed by atoms with E-state index >= 15 is 0 Å². The Bertz CT molecular complexity index is 1420. The van der Waals surface area contributed by atoms with E-state index in [1.807, 2.05) is 72.8 Å². The summed E-state index contributed by atoms with van der Waals surface area (Å²) in [6.07, 6.45) is 1.90. The third-order valence-electron chi connectivity index (χ3n) is 5.91. The van der Waals surface area contributed by atoms with E-state index in [1.165, 1.54) is 5.56 Å². The van der Waals surface area contributed by atoms with Crippen molar-refractivity contribution in [3.05, 3.63) is 102 Å². The third-order valence-corrected chi connectivity index (χ3v) is 7.83. The lowest BCUT2D eigenvalue weighted by molar-refractivity contribution is 0.0980. The van der Waals surface area contributed by atoms with Crippen molar-refractivity contribution in [1.29, 1.82) is 0 Å². The Morgan fingerprint density at radius 1 is 0.938 bits per heavy atom. The number of aromatic nitrogens is 1. The van der Waals surface area contributed by atoms with Crippen LogP contribution in [-0.4, -0.2) is 27.5 Å². The van der Waals surface area contributed by atoms with Crippen LogP contribution in [0.5, 0.6) is 0 Å². The number of pyridine rings is 1. The number of carbonyl (C=O) groups is 1. The van der Waals surface area contributed by atoms with Crippen LogP contribution in [0, 0.1) is 0 Å². The van der Waals surface area contributed by atoms with Gasteiger partial charge in [-0.05, 0) is 59.3 Å². The van der Waals surface area contributed by atoms with Crippen LogP contribution in [0.4, 0.5) is 5.69 Å². The van der Waals surface area contributed by atoms with Crippen molar-refractivity contribution < 1.29 is 9.00 Å². The molecule has 0 fully saturated rings. The Labute approximate surface area is 188 Å². The molecule has 0 aliphatic carbocycles. The molecule has 1 atom stereocenters. The Hall–Kier alpha value is -3.44. The van der Waals surface area contributed by atoms with Gasteiger partial charge in [-0.1, -0.05) is 60.7 Å². The highest BCUT2D eigenvalue weighted by Gasteiger charge is 2.24. The van der Waals surface area contributed by atoms with Crippen molar-refractivity contribution in [1.82, 2.24) is 4.98 Å². The van der Waals surface area contributed by atoms with E-state index in [0.717, 1.165) is 34.2 Å². The fourth-order valence-corrected chi connectivity index (χ4v) is 6.11. The standard InChI is InChI=1S/C27H24N2O2S/c1-32(31,26-17-6-11-20-9-2-4-14-23(20)26)19-22-13-7-15-24(28-22)27(30)29-18-8-12-21-10-3-5-16-25(21)29/h2-7,9-11,13-17H,1,8,12,18-19H2. The number of hydrogen-bond acceptors (Lipinski definition) is 3. The van der Waals surface area contributed by atoms with Gasteiger partial charge in [0.15, 0.2) is 0 Å². The summed E-state index contributed by atoms with van der Waals surface area (Å²) in [4.78, 5) is 20.4. The smallest absolute Gasteiger partial charge is 0.276 e. The van der Waals surface area contributed by atoms with Gasteiger partial charge in [-0.3, -0.25) is 9.00 Å². The molecule has 3 aromatic carbocycles. The second-order valence-corrected chi connectivity index (χ2v) is 10.5. The molecule has 0 spiro atoms. The number of carbonyl (C=O) groups excluding carboxylic acids is 1. The number of para-hydroxylation sites is 1. The summed E-state index contributed by atoms with van der Waals surface area (Å²) in [5, 5.41) is 1.97. The largest absolute Gasteiger partial charge is 0.307 e. The van der Waals surface area contributed by atoms with Gasteiger partial charge in [0.05, 0.1) is 11.4 Å². The summed E-state index contributed by atoms with van der Waals surface area (Å²) >= 11 is 0. The highest BCUT2D eigenvalue weighted by molar-refractivity contribution is 7.99. The van der Waals surface area contributed by atoms with Gasteiger partial charge in [0.1, 0.15) is 5.69 Å². The van der Waals surface area contributed by atoms with Crippen LogP contribution in [0.25, 0.3) is 10.8 Å². The van der Waals surface area contributed by atoms with Crippen molar-refractivity contribution in [2.45, 2.75) is 23.5 Å². The molecule has 5 heteroatoms. The summed E-state index contributed by atoms with van der Waals surface area (Å²) in [6, 6.07) is 27.0. The molecule has 2 heterocycles. The maximum atomic E-state index is 13.7. The minimum Gasteiger partial charge on any atom is -0.307 e. The lowest BCUT2D eigenvalue weighted by atomic mass is 10.0. The highest BCUT2D eigenvalue weighted by Crippen LogP contribution is 2.28. The van der Waals surface area contributed by atoms with Crippen LogP contribution in [0.2, 0.25) is 0 Å². The van der Waals surface area contributed by atoms with Crippen LogP contribution in [0.3, 0.4) is 0 Å². The number of hydrogen-bond donors (Lipinski definition) is 0. The number of benzene rings is 3. The maximum Gasteiger partial charge on any atom is 0.276 e. The van der Waals surface area contributed by atoms with Crippen LogP contribution in [0.1, 0.15) is 28.2 Å². The average molecular weight is 441 g/mol. The Kier molecular flexibility index (Phi) is 5.27. The first-order valence-electron chi connectivity index (χ1n) is 10.7. The topological polar surface area (TPSA) is 50.3 Å². The van der Waals surface area contributed by atoms with Gasteiger partial charge in [0.2, 0.25) is 0 Å². The van der Waals surface area contributed by atoms with Crippen LogP contribution in [-0.2, 0) is 21.7 Å². The molecule has 1 aliphatic heterocycles. The zero-order valence-electron chi connectivity index (χ0n) is 17.7. The van der Waals surface area contributed by atoms with Crippen molar-refractivity contribution in [3.8, 4) is 0 Å². The molecule has 0 bridgehead atoms.